The largest absolute Gasteiger partial charge is 0.341 e. The SMILES string of the molecule is CNC(=O)N[C@@H]1CCC[C@H](C(=O)Nc2cc(C3=CC4C(=NN(C)C4(C)C(C)C)C(F)=C3)c(Cl)cn2)C1. The maximum absolute atomic E-state index is 15.2. The average Bonchev–Trinajstić information content (AvgIpc) is 3.12. The van der Waals surface area contributed by atoms with Crippen LogP contribution in [0.5, 0.6) is 0 Å². The first-order valence-corrected chi connectivity index (χ1v) is 12.8. The van der Waals surface area contributed by atoms with Gasteiger partial charge in [0.2, 0.25) is 5.91 Å². The molecule has 0 bridgehead atoms. The van der Waals surface area contributed by atoms with E-state index in [0.29, 0.717) is 34.1 Å². The molecule has 8 nitrogen and oxygen atoms in total. The van der Waals surface area contributed by atoms with Gasteiger partial charge in [0.25, 0.3) is 0 Å². The summed E-state index contributed by atoms with van der Waals surface area (Å²) in [6.45, 7) is 6.29. The van der Waals surface area contributed by atoms with Crippen molar-refractivity contribution in [3.8, 4) is 0 Å². The number of amides is 3. The van der Waals surface area contributed by atoms with Gasteiger partial charge in [-0.3, -0.25) is 9.80 Å². The molecule has 0 spiro atoms. The molecule has 1 aromatic rings. The summed E-state index contributed by atoms with van der Waals surface area (Å²) in [4.78, 5) is 29.0. The maximum atomic E-state index is 15.2. The van der Waals surface area contributed by atoms with Crippen molar-refractivity contribution in [2.24, 2.45) is 22.9 Å². The van der Waals surface area contributed by atoms with E-state index in [2.05, 4.69) is 46.8 Å². The van der Waals surface area contributed by atoms with Gasteiger partial charge in [-0.2, -0.15) is 5.10 Å². The number of carbonyl (C=O) groups is 2. The molecule has 1 saturated carbocycles. The lowest BCUT2D eigenvalue weighted by Crippen LogP contribution is -2.48. The fourth-order valence-corrected chi connectivity index (χ4v) is 5.58. The second-order valence-electron chi connectivity index (χ2n) is 10.3. The topological polar surface area (TPSA) is 98.7 Å². The number of hydrogen-bond acceptors (Lipinski definition) is 5. The van der Waals surface area contributed by atoms with Crippen LogP contribution in [0.4, 0.5) is 15.0 Å². The van der Waals surface area contributed by atoms with Crippen molar-refractivity contribution in [2.75, 3.05) is 19.4 Å². The number of rotatable bonds is 5. The van der Waals surface area contributed by atoms with Crippen LogP contribution in [0, 0.1) is 17.8 Å². The van der Waals surface area contributed by atoms with Gasteiger partial charge in [0.1, 0.15) is 17.4 Å². The number of aromatic nitrogens is 1. The molecule has 1 fully saturated rings. The third-order valence-electron chi connectivity index (χ3n) is 7.95. The number of halogens is 2. The predicted octanol–water partition coefficient (Wildman–Crippen LogP) is 4.74. The highest BCUT2D eigenvalue weighted by atomic mass is 35.5. The number of nitrogens with one attached hydrogen (secondary N) is 3. The van der Waals surface area contributed by atoms with Crippen LogP contribution >= 0.6 is 11.6 Å². The average molecular weight is 517 g/mol. The first-order valence-electron chi connectivity index (χ1n) is 12.4. The molecular formula is C26H34ClFN6O2. The van der Waals surface area contributed by atoms with E-state index in [1.54, 1.807) is 13.1 Å². The van der Waals surface area contributed by atoms with E-state index in [-0.39, 0.29) is 47.1 Å². The number of allylic oxidation sites excluding steroid dienone is 3. The standard InChI is InChI=1S/C26H34ClFN6O2/c1-14(2)26(3)19-10-16(11-21(28)23(19)33-34(26)5)18-12-22(30-13-20(18)27)32-24(35)15-7-6-8-17(9-15)31-25(36)29-4/h10-15,17,19H,6-9H2,1-5H3,(H2,29,31,36)(H,30,32,35)/t15-,17+,19?,26?/m0/s1. The van der Waals surface area contributed by atoms with Gasteiger partial charge < -0.3 is 16.0 Å². The van der Waals surface area contributed by atoms with Crippen molar-refractivity contribution >= 4 is 40.6 Å². The van der Waals surface area contributed by atoms with Crippen molar-refractivity contribution in [3.05, 3.63) is 40.8 Å². The molecule has 2 aliphatic carbocycles. The highest BCUT2D eigenvalue weighted by Gasteiger charge is 2.49. The zero-order chi connectivity index (χ0) is 26.2. The molecule has 10 heteroatoms. The quantitative estimate of drug-likeness (QED) is 0.526. The molecule has 0 saturated heterocycles. The van der Waals surface area contributed by atoms with Crippen molar-refractivity contribution in [1.29, 1.82) is 0 Å². The number of anilines is 1. The van der Waals surface area contributed by atoms with Crippen LogP contribution in [0.25, 0.3) is 5.57 Å². The molecule has 1 aromatic heterocycles. The Bertz CT molecular complexity index is 1150. The summed E-state index contributed by atoms with van der Waals surface area (Å²) in [6.07, 6.45) is 7.90. The van der Waals surface area contributed by atoms with Crippen molar-refractivity contribution < 1.29 is 14.0 Å². The van der Waals surface area contributed by atoms with Crippen molar-refractivity contribution in [2.45, 2.75) is 58.0 Å². The molecule has 1 aliphatic heterocycles. The van der Waals surface area contributed by atoms with Crippen LogP contribution in [0.15, 0.2) is 35.3 Å². The first-order chi connectivity index (χ1) is 17.0. The lowest BCUT2D eigenvalue weighted by molar-refractivity contribution is -0.121. The highest BCUT2D eigenvalue weighted by molar-refractivity contribution is 6.32. The summed E-state index contributed by atoms with van der Waals surface area (Å²) in [6, 6.07) is 1.38. The van der Waals surface area contributed by atoms with Gasteiger partial charge in [-0.1, -0.05) is 37.9 Å². The summed E-state index contributed by atoms with van der Waals surface area (Å²) in [5, 5.41) is 15.0. The van der Waals surface area contributed by atoms with Gasteiger partial charge in [-0.25, -0.2) is 14.2 Å². The van der Waals surface area contributed by atoms with Gasteiger partial charge in [0.05, 0.1) is 10.6 Å². The normalized spacial score (nSPS) is 27.6. The van der Waals surface area contributed by atoms with E-state index in [1.165, 1.54) is 12.3 Å². The Morgan fingerprint density at radius 2 is 2.06 bits per heavy atom. The second-order valence-corrected chi connectivity index (χ2v) is 10.7. The van der Waals surface area contributed by atoms with Crippen molar-refractivity contribution in [1.82, 2.24) is 20.6 Å². The van der Waals surface area contributed by atoms with E-state index >= 15 is 4.39 Å². The Hall–Kier alpha value is -2.94. The number of fused-ring (bicyclic) bond motifs is 1. The summed E-state index contributed by atoms with van der Waals surface area (Å²) in [5.74, 6) is -0.451. The highest BCUT2D eigenvalue weighted by Crippen LogP contribution is 2.45. The Kier molecular flexibility index (Phi) is 7.41. The Morgan fingerprint density at radius 1 is 1.31 bits per heavy atom. The zero-order valence-corrected chi connectivity index (χ0v) is 22.1. The second kappa shape index (κ2) is 10.2. The summed E-state index contributed by atoms with van der Waals surface area (Å²) in [7, 11) is 3.44. The first kappa shape index (κ1) is 26.1. The molecule has 36 heavy (non-hydrogen) atoms. The summed E-state index contributed by atoms with van der Waals surface area (Å²) < 4.78 is 15.2. The minimum Gasteiger partial charge on any atom is -0.341 e. The molecule has 2 unspecified atom stereocenters. The van der Waals surface area contributed by atoms with Crippen molar-refractivity contribution in [3.63, 3.8) is 0 Å². The van der Waals surface area contributed by atoms with Crippen LogP contribution in [0.3, 0.4) is 0 Å². The summed E-state index contributed by atoms with van der Waals surface area (Å²) in [5.41, 5.74) is 1.27. The van der Waals surface area contributed by atoms with Crippen LogP contribution in [-0.4, -0.2) is 53.3 Å². The van der Waals surface area contributed by atoms with Crippen LogP contribution in [0.1, 0.15) is 52.0 Å². The molecule has 194 valence electrons. The Morgan fingerprint density at radius 3 is 2.75 bits per heavy atom. The van der Waals surface area contributed by atoms with Crippen LogP contribution in [-0.2, 0) is 4.79 Å². The third kappa shape index (κ3) is 4.85. The molecule has 4 atom stereocenters. The van der Waals surface area contributed by atoms with Crippen LogP contribution in [0.2, 0.25) is 5.02 Å². The maximum Gasteiger partial charge on any atom is 0.314 e. The third-order valence-corrected chi connectivity index (χ3v) is 8.25. The van der Waals surface area contributed by atoms with Gasteiger partial charge in [-0.05, 0) is 49.8 Å². The Balaban J connectivity index is 1.55. The monoisotopic (exact) mass is 516 g/mol. The molecule has 4 rings (SSSR count). The number of urea groups is 1. The van der Waals surface area contributed by atoms with E-state index < -0.39 is 0 Å². The zero-order valence-electron chi connectivity index (χ0n) is 21.4. The fraction of sp³-hybridized carbons (Fsp3) is 0.538. The van der Waals surface area contributed by atoms with Gasteiger partial charge in [0, 0.05) is 43.7 Å². The fourth-order valence-electron chi connectivity index (χ4n) is 5.37. The molecular weight excluding hydrogens is 483 g/mol. The van der Waals surface area contributed by atoms with E-state index in [9.17, 15) is 9.59 Å². The van der Waals surface area contributed by atoms with Gasteiger partial charge >= 0.3 is 6.03 Å². The van der Waals surface area contributed by atoms with Gasteiger partial charge in [0.15, 0.2) is 0 Å². The number of nitrogens with zero attached hydrogens (tertiary/aromatic N) is 3. The number of carbonyl (C=O) groups excluding carboxylic acids is 2. The smallest absolute Gasteiger partial charge is 0.314 e. The molecule has 3 amide bonds. The number of hydrazone groups is 1. The molecule has 3 N–H and O–H groups in total. The minimum absolute atomic E-state index is 0.0561. The summed E-state index contributed by atoms with van der Waals surface area (Å²) >= 11 is 6.49. The minimum atomic E-state index is -0.386. The molecule has 2 heterocycles. The Labute approximate surface area is 216 Å². The van der Waals surface area contributed by atoms with E-state index in [1.807, 2.05) is 18.1 Å². The molecule has 0 aromatic carbocycles. The lowest BCUT2D eigenvalue weighted by Gasteiger charge is -2.40. The van der Waals surface area contributed by atoms with E-state index in [0.717, 1.165) is 19.3 Å². The lowest BCUT2D eigenvalue weighted by atomic mass is 9.72. The molecule has 0 radical (unpaired) electrons. The van der Waals surface area contributed by atoms with Crippen LogP contribution < -0.4 is 16.0 Å². The number of pyridine rings is 1. The number of hydrogen-bond donors (Lipinski definition) is 3. The predicted molar refractivity (Wildman–Crippen MR) is 140 cm³/mol. The van der Waals surface area contributed by atoms with Gasteiger partial charge in [-0.15, -0.1) is 0 Å². The van der Waals surface area contributed by atoms with E-state index in [4.69, 9.17) is 11.6 Å². The molecule has 3 aliphatic rings.